The van der Waals surface area contributed by atoms with Crippen molar-refractivity contribution in [1.82, 2.24) is 9.80 Å². The van der Waals surface area contributed by atoms with Gasteiger partial charge in [-0.15, -0.1) is 0 Å². The molecule has 0 aromatic carbocycles. The molecule has 1 amide bonds. The van der Waals surface area contributed by atoms with Crippen LogP contribution >= 0.6 is 0 Å². The minimum Gasteiger partial charge on any atom is -0.342 e. The molecule has 2 aliphatic heterocycles. The highest BCUT2D eigenvalue weighted by molar-refractivity contribution is 5.78. The van der Waals surface area contributed by atoms with E-state index in [1.165, 1.54) is 44.9 Å². The number of likely N-dealkylation sites (tertiary alicyclic amines) is 2. The van der Waals surface area contributed by atoms with Gasteiger partial charge < -0.3 is 4.90 Å². The van der Waals surface area contributed by atoms with E-state index in [1.54, 1.807) is 0 Å². The summed E-state index contributed by atoms with van der Waals surface area (Å²) in [7, 11) is 0. The van der Waals surface area contributed by atoms with Crippen LogP contribution < -0.4 is 0 Å². The number of piperidine rings is 1. The summed E-state index contributed by atoms with van der Waals surface area (Å²) in [4.78, 5) is 16.7. The van der Waals surface area contributed by atoms with E-state index in [9.17, 15) is 4.79 Å². The van der Waals surface area contributed by atoms with E-state index < -0.39 is 0 Å². The van der Waals surface area contributed by atoms with Crippen LogP contribution in [0.5, 0.6) is 0 Å². The average molecular weight is 238 g/mol. The first kappa shape index (κ1) is 12.9. The molecule has 2 fully saturated rings. The molecule has 3 heteroatoms. The highest BCUT2D eigenvalue weighted by Crippen LogP contribution is 2.17. The number of carbonyl (C=O) groups excluding carboxylic acids is 1. The van der Waals surface area contributed by atoms with Gasteiger partial charge >= 0.3 is 0 Å². The predicted molar refractivity (Wildman–Crippen MR) is 69.9 cm³/mol. The van der Waals surface area contributed by atoms with Crippen molar-refractivity contribution in [3.63, 3.8) is 0 Å². The van der Waals surface area contributed by atoms with Gasteiger partial charge in [0.1, 0.15) is 0 Å². The fraction of sp³-hybridized carbons (Fsp3) is 0.929. The summed E-state index contributed by atoms with van der Waals surface area (Å²) in [6.07, 6.45) is 8.83. The van der Waals surface area contributed by atoms with E-state index in [2.05, 4.69) is 16.7 Å². The Bertz CT molecular complexity index is 247. The zero-order valence-electron chi connectivity index (χ0n) is 11.2. The van der Waals surface area contributed by atoms with Crippen LogP contribution in [0.25, 0.3) is 0 Å². The molecule has 3 nitrogen and oxygen atoms in total. The van der Waals surface area contributed by atoms with Crippen LogP contribution in [0.4, 0.5) is 0 Å². The van der Waals surface area contributed by atoms with E-state index in [0.717, 1.165) is 19.6 Å². The number of hydrogen-bond acceptors (Lipinski definition) is 2. The van der Waals surface area contributed by atoms with Crippen LogP contribution in [0.1, 0.15) is 51.9 Å². The Morgan fingerprint density at radius 3 is 2.29 bits per heavy atom. The van der Waals surface area contributed by atoms with E-state index in [4.69, 9.17) is 0 Å². The molecule has 98 valence electrons. The van der Waals surface area contributed by atoms with E-state index in [1.807, 2.05) is 0 Å². The normalized spacial score (nSPS) is 27.8. The van der Waals surface area contributed by atoms with Crippen molar-refractivity contribution in [2.24, 2.45) is 0 Å². The molecule has 0 bridgehead atoms. The van der Waals surface area contributed by atoms with Gasteiger partial charge in [-0.3, -0.25) is 9.69 Å². The van der Waals surface area contributed by atoms with Crippen LogP contribution in [0.3, 0.4) is 0 Å². The number of hydrogen-bond donors (Lipinski definition) is 0. The lowest BCUT2D eigenvalue weighted by molar-refractivity contribution is -0.133. The molecule has 1 atom stereocenters. The summed E-state index contributed by atoms with van der Waals surface area (Å²) >= 11 is 0. The Hall–Kier alpha value is -0.570. The van der Waals surface area contributed by atoms with Gasteiger partial charge in [-0.2, -0.15) is 0 Å². The molecule has 0 saturated carbocycles. The molecule has 0 spiro atoms. The summed E-state index contributed by atoms with van der Waals surface area (Å²) < 4.78 is 0. The van der Waals surface area contributed by atoms with Gasteiger partial charge in [0.25, 0.3) is 0 Å². The molecule has 2 saturated heterocycles. The summed E-state index contributed by atoms with van der Waals surface area (Å²) in [5.41, 5.74) is 0. The molecule has 0 N–H and O–H groups in total. The maximum atomic E-state index is 12.2. The van der Waals surface area contributed by atoms with Crippen LogP contribution in [0.15, 0.2) is 0 Å². The standard InChI is InChI=1S/C14H26N2O/c1-13-8-4-7-11-16(13)12-14(17)15-9-5-2-3-6-10-15/h13H,2-12H2,1H3. The highest BCUT2D eigenvalue weighted by atomic mass is 16.2. The highest BCUT2D eigenvalue weighted by Gasteiger charge is 2.23. The zero-order valence-corrected chi connectivity index (χ0v) is 11.2. The molecule has 0 aromatic heterocycles. The van der Waals surface area contributed by atoms with Crippen LogP contribution in [-0.2, 0) is 4.79 Å². The van der Waals surface area contributed by atoms with E-state index in [-0.39, 0.29) is 0 Å². The molecule has 17 heavy (non-hydrogen) atoms. The fourth-order valence-corrected chi connectivity index (χ4v) is 2.99. The Balaban J connectivity index is 1.82. The second-order valence-corrected chi connectivity index (χ2v) is 5.61. The van der Waals surface area contributed by atoms with Crippen molar-refractivity contribution in [3.8, 4) is 0 Å². The monoisotopic (exact) mass is 238 g/mol. The van der Waals surface area contributed by atoms with E-state index >= 15 is 0 Å². The van der Waals surface area contributed by atoms with Crippen molar-refractivity contribution in [2.45, 2.75) is 57.9 Å². The quantitative estimate of drug-likeness (QED) is 0.737. The Labute approximate surface area is 105 Å². The molecule has 0 aromatic rings. The molecule has 1 unspecified atom stereocenters. The SMILES string of the molecule is CC1CCCCN1CC(=O)N1CCCCCC1. The van der Waals surface area contributed by atoms with E-state index in [0.29, 0.717) is 18.5 Å². The van der Waals surface area contributed by atoms with Crippen molar-refractivity contribution < 1.29 is 4.79 Å². The van der Waals surface area contributed by atoms with Crippen LogP contribution in [-0.4, -0.2) is 47.9 Å². The largest absolute Gasteiger partial charge is 0.342 e. The first-order chi connectivity index (χ1) is 8.27. The number of rotatable bonds is 2. The first-order valence-electron chi connectivity index (χ1n) is 7.29. The third-order valence-electron chi connectivity index (χ3n) is 4.24. The maximum absolute atomic E-state index is 12.2. The van der Waals surface area contributed by atoms with Gasteiger partial charge in [0.05, 0.1) is 6.54 Å². The van der Waals surface area contributed by atoms with Gasteiger partial charge in [-0.25, -0.2) is 0 Å². The number of nitrogens with zero attached hydrogens (tertiary/aromatic N) is 2. The number of amides is 1. The molecule has 2 heterocycles. The maximum Gasteiger partial charge on any atom is 0.236 e. The summed E-state index contributed by atoms with van der Waals surface area (Å²) in [6.45, 7) is 6.00. The average Bonchev–Trinajstić information content (AvgIpc) is 2.61. The topological polar surface area (TPSA) is 23.6 Å². The second kappa shape index (κ2) is 6.39. The van der Waals surface area contributed by atoms with Gasteiger partial charge in [0.2, 0.25) is 5.91 Å². The number of carbonyl (C=O) groups is 1. The van der Waals surface area contributed by atoms with Crippen LogP contribution in [0, 0.1) is 0 Å². The lowest BCUT2D eigenvalue weighted by Gasteiger charge is -2.34. The zero-order chi connectivity index (χ0) is 12.1. The third kappa shape index (κ3) is 3.70. The Morgan fingerprint density at radius 2 is 1.65 bits per heavy atom. The fourth-order valence-electron chi connectivity index (χ4n) is 2.99. The van der Waals surface area contributed by atoms with Crippen molar-refractivity contribution in [2.75, 3.05) is 26.2 Å². The van der Waals surface area contributed by atoms with Gasteiger partial charge in [-0.1, -0.05) is 19.3 Å². The first-order valence-corrected chi connectivity index (χ1v) is 7.29. The molecule has 0 radical (unpaired) electrons. The smallest absolute Gasteiger partial charge is 0.236 e. The molecule has 0 aliphatic carbocycles. The Morgan fingerprint density at radius 1 is 1.00 bits per heavy atom. The molecular formula is C14H26N2O. The minimum atomic E-state index is 0.362. The van der Waals surface area contributed by atoms with Crippen LogP contribution in [0.2, 0.25) is 0 Å². The van der Waals surface area contributed by atoms with Crippen molar-refractivity contribution in [1.29, 1.82) is 0 Å². The molecule has 2 rings (SSSR count). The lowest BCUT2D eigenvalue weighted by atomic mass is 10.0. The minimum absolute atomic E-state index is 0.362. The molecule has 2 aliphatic rings. The lowest BCUT2D eigenvalue weighted by Crippen LogP contribution is -2.46. The van der Waals surface area contributed by atoms with Gasteiger partial charge in [0.15, 0.2) is 0 Å². The van der Waals surface area contributed by atoms with Crippen molar-refractivity contribution in [3.05, 3.63) is 0 Å². The predicted octanol–water partition coefficient (Wildman–Crippen LogP) is 2.26. The Kier molecular flexibility index (Phi) is 4.84. The molecular weight excluding hydrogens is 212 g/mol. The summed E-state index contributed by atoms with van der Waals surface area (Å²) in [6, 6.07) is 0.597. The van der Waals surface area contributed by atoms with Gasteiger partial charge in [0, 0.05) is 19.1 Å². The summed E-state index contributed by atoms with van der Waals surface area (Å²) in [5.74, 6) is 0.362. The summed E-state index contributed by atoms with van der Waals surface area (Å²) in [5, 5.41) is 0. The third-order valence-corrected chi connectivity index (χ3v) is 4.24. The van der Waals surface area contributed by atoms with Crippen molar-refractivity contribution >= 4 is 5.91 Å². The van der Waals surface area contributed by atoms with Gasteiger partial charge in [-0.05, 0) is 39.2 Å². The second-order valence-electron chi connectivity index (χ2n) is 5.61.